The molecular weight excluding hydrogens is 334 g/mol. The first kappa shape index (κ1) is 18.2. The maximum absolute atomic E-state index is 12.8. The smallest absolute Gasteiger partial charge is 0.244 e. The fourth-order valence-electron chi connectivity index (χ4n) is 3.17. The minimum Gasteiger partial charge on any atom is -0.493 e. The number of nitrogens with zero attached hydrogens (tertiary/aromatic N) is 5. The molecule has 0 fully saturated rings. The van der Waals surface area contributed by atoms with Crippen LogP contribution in [0.1, 0.15) is 37.7 Å². The van der Waals surface area contributed by atoms with E-state index in [0.29, 0.717) is 24.7 Å². The minimum atomic E-state index is -0.220. The van der Waals surface area contributed by atoms with Crippen molar-refractivity contribution in [2.24, 2.45) is 0 Å². The van der Waals surface area contributed by atoms with Crippen molar-refractivity contribution in [3.8, 4) is 11.5 Å². The molecule has 0 atom stereocenters. The molecule has 0 bridgehead atoms. The molecule has 0 spiro atoms. The van der Waals surface area contributed by atoms with Gasteiger partial charge in [0.15, 0.2) is 17.3 Å². The minimum absolute atomic E-state index is 0.00300. The maximum Gasteiger partial charge on any atom is 0.244 e. The fourth-order valence-corrected chi connectivity index (χ4v) is 3.17. The van der Waals surface area contributed by atoms with Crippen LogP contribution >= 0.6 is 0 Å². The maximum atomic E-state index is 12.8. The Hall–Kier alpha value is -2.64. The van der Waals surface area contributed by atoms with Crippen LogP contribution < -0.4 is 9.47 Å². The second kappa shape index (κ2) is 6.93. The summed E-state index contributed by atoms with van der Waals surface area (Å²) in [5.74, 6) is 2.10. The zero-order chi connectivity index (χ0) is 18.9. The van der Waals surface area contributed by atoms with Gasteiger partial charge >= 0.3 is 0 Å². The Bertz CT molecular complexity index is 810. The average Bonchev–Trinajstić information content (AvgIpc) is 3.08. The summed E-state index contributed by atoms with van der Waals surface area (Å²) in [6.07, 6.45) is 0.781. The summed E-state index contributed by atoms with van der Waals surface area (Å²) in [5.41, 5.74) is 2.04. The summed E-state index contributed by atoms with van der Waals surface area (Å²) >= 11 is 0. The molecule has 0 radical (unpaired) electrons. The van der Waals surface area contributed by atoms with Crippen LogP contribution in [0.5, 0.6) is 11.5 Å². The van der Waals surface area contributed by atoms with E-state index in [9.17, 15) is 4.79 Å². The number of carbonyl (C=O) groups excluding carboxylic acids is 1. The van der Waals surface area contributed by atoms with Gasteiger partial charge in [0.25, 0.3) is 0 Å². The predicted molar refractivity (Wildman–Crippen MR) is 95.2 cm³/mol. The summed E-state index contributed by atoms with van der Waals surface area (Å²) in [4.78, 5) is 14.6. The van der Waals surface area contributed by atoms with E-state index in [0.717, 1.165) is 17.7 Å². The molecule has 1 aromatic carbocycles. The van der Waals surface area contributed by atoms with Gasteiger partial charge in [-0.3, -0.25) is 4.79 Å². The van der Waals surface area contributed by atoms with E-state index in [1.165, 1.54) is 5.56 Å². The number of hydrogen-bond acceptors (Lipinski definition) is 6. The zero-order valence-electron chi connectivity index (χ0n) is 15.9. The number of rotatable bonds is 4. The number of aromatic nitrogens is 4. The van der Waals surface area contributed by atoms with Crippen LogP contribution in [0.4, 0.5) is 0 Å². The molecule has 0 aliphatic carbocycles. The monoisotopic (exact) mass is 359 g/mol. The third kappa shape index (κ3) is 3.49. The number of amides is 1. The van der Waals surface area contributed by atoms with E-state index in [1.807, 2.05) is 37.8 Å². The lowest BCUT2D eigenvalue weighted by Crippen LogP contribution is -2.39. The highest BCUT2D eigenvalue weighted by molar-refractivity contribution is 5.76. The lowest BCUT2D eigenvalue weighted by atomic mass is 9.96. The van der Waals surface area contributed by atoms with E-state index in [1.54, 1.807) is 18.9 Å². The summed E-state index contributed by atoms with van der Waals surface area (Å²) in [5, 5.41) is 11.8. The number of hydrogen-bond donors (Lipinski definition) is 0. The van der Waals surface area contributed by atoms with Crippen molar-refractivity contribution in [3.05, 3.63) is 29.1 Å². The molecule has 1 aromatic heterocycles. The van der Waals surface area contributed by atoms with Crippen LogP contribution in [0, 0.1) is 0 Å². The molecule has 1 aliphatic heterocycles. The van der Waals surface area contributed by atoms with E-state index >= 15 is 0 Å². The first-order chi connectivity index (χ1) is 12.3. The lowest BCUT2D eigenvalue weighted by molar-refractivity contribution is -0.133. The molecule has 0 saturated carbocycles. The fraction of sp³-hybridized carbons (Fsp3) is 0.556. The van der Waals surface area contributed by atoms with Crippen molar-refractivity contribution in [3.63, 3.8) is 0 Å². The van der Waals surface area contributed by atoms with Crippen molar-refractivity contribution < 1.29 is 14.3 Å². The second-order valence-electron chi connectivity index (χ2n) is 7.45. The van der Waals surface area contributed by atoms with Gasteiger partial charge in [0, 0.05) is 18.5 Å². The number of fused-ring (bicyclic) bond motifs is 1. The number of methoxy groups -OCH3 is 2. The SMILES string of the molecule is COc1cc2c(cc1OC)CN(C(=O)Cn1nnnc1C(C)(C)C)CC2. The van der Waals surface area contributed by atoms with Gasteiger partial charge in [0.1, 0.15) is 6.54 Å². The number of carbonyl (C=O) groups is 1. The molecule has 0 N–H and O–H groups in total. The molecule has 1 amide bonds. The Morgan fingerprint density at radius 2 is 1.81 bits per heavy atom. The van der Waals surface area contributed by atoms with Crippen molar-refractivity contribution in [1.29, 1.82) is 0 Å². The van der Waals surface area contributed by atoms with Gasteiger partial charge in [0.2, 0.25) is 5.91 Å². The second-order valence-corrected chi connectivity index (χ2v) is 7.45. The highest BCUT2D eigenvalue weighted by Gasteiger charge is 2.27. The Morgan fingerprint density at radius 1 is 1.15 bits per heavy atom. The molecule has 3 rings (SSSR count). The van der Waals surface area contributed by atoms with Crippen LogP contribution in [0.15, 0.2) is 12.1 Å². The van der Waals surface area contributed by atoms with Crippen LogP contribution in [0.3, 0.4) is 0 Å². The van der Waals surface area contributed by atoms with Crippen LogP contribution in [0.25, 0.3) is 0 Å². The molecule has 0 unspecified atom stereocenters. The number of ether oxygens (including phenoxy) is 2. The van der Waals surface area contributed by atoms with Crippen molar-refractivity contribution >= 4 is 5.91 Å². The van der Waals surface area contributed by atoms with Gasteiger partial charge in [-0.2, -0.15) is 0 Å². The van der Waals surface area contributed by atoms with Crippen molar-refractivity contribution in [2.45, 2.75) is 45.7 Å². The highest BCUT2D eigenvalue weighted by atomic mass is 16.5. The van der Waals surface area contributed by atoms with Crippen molar-refractivity contribution in [2.75, 3.05) is 20.8 Å². The predicted octanol–water partition coefficient (Wildman–Crippen LogP) is 1.57. The topological polar surface area (TPSA) is 82.4 Å². The molecule has 26 heavy (non-hydrogen) atoms. The lowest BCUT2D eigenvalue weighted by Gasteiger charge is -2.30. The molecule has 8 heteroatoms. The van der Waals surface area contributed by atoms with E-state index in [-0.39, 0.29) is 17.9 Å². The Kier molecular flexibility index (Phi) is 4.84. The normalized spacial score (nSPS) is 14.1. The number of tetrazole rings is 1. The first-order valence-electron chi connectivity index (χ1n) is 8.61. The van der Waals surface area contributed by atoms with Gasteiger partial charge in [-0.15, -0.1) is 5.10 Å². The summed E-state index contributed by atoms with van der Waals surface area (Å²) in [6, 6.07) is 3.94. The average molecular weight is 359 g/mol. The molecule has 0 saturated heterocycles. The van der Waals surface area contributed by atoms with Gasteiger partial charge in [-0.05, 0) is 40.1 Å². The Morgan fingerprint density at radius 3 is 2.42 bits per heavy atom. The number of benzene rings is 1. The van der Waals surface area contributed by atoms with E-state index < -0.39 is 0 Å². The third-order valence-electron chi connectivity index (χ3n) is 4.56. The van der Waals surface area contributed by atoms with Crippen molar-refractivity contribution in [1.82, 2.24) is 25.1 Å². The van der Waals surface area contributed by atoms with Crippen LogP contribution in [-0.2, 0) is 29.7 Å². The van der Waals surface area contributed by atoms with E-state index in [2.05, 4.69) is 15.5 Å². The Balaban J connectivity index is 1.77. The molecule has 1 aliphatic rings. The summed E-state index contributed by atoms with van der Waals surface area (Å²) < 4.78 is 12.3. The van der Waals surface area contributed by atoms with Crippen LogP contribution in [-0.4, -0.2) is 51.8 Å². The standard InChI is InChI=1S/C18H25N5O3/c1-18(2,3)17-19-20-21-23(17)11-16(24)22-7-6-12-8-14(25-4)15(26-5)9-13(12)10-22/h8-9H,6-7,10-11H2,1-5H3. The molecule has 8 nitrogen and oxygen atoms in total. The van der Waals surface area contributed by atoms with Gasteiger partial charge < -0.3 is 14.4 Å². The quantitative estimate of drug-likeness (QED) is 0.824. The molecule has 140 valence electrons. The third-order valence-corrected chi connectivity index (χ3v) is 4.56. The van der Waals surface area contributed by atoms with E-state index in [4.69, 9.17) is 9.47 Å². The molecule has 2 heterocycles. The van der Waals surface area contributed by atoms with Crippen LogP contribution in [0.2, 0.25) is 0 Å². The van der Waals surface area contributed by atoms with Gasteiger partial charge in [0.05, 0.1) is 14.2 Å². The first-order valence-corrected chi connectivity index (χ1v) is 8.61. The Labute approximate surface area is 153 Å². The van der Waals surface area contributed by atoms with Gasteiger partial charge in [-0.25, -0.2) is 4.68 Å². The summed E-state index contributed by atoms with van der Waals surface area (Å²) in [6.45, 7) is 7.42. The molecule has 2 aromatic rings. The summed E-state index contributed by atoms with van der Waals surface area (Å²) in [7, 11) is 3.24. The zero-order valence-corrected chi connectivity index (χ0v) is 15.9. The largest absolute Gasteiger partial charge is 0.493 e. The van der Waals surface area contributed by atoms with Gasteiger partial charge in [-0.1, -0.05) is 20.8 Å². The molecular formula is C18H25N5O3. The highest BCUT2D eigenvalue weighted by Crippen LogP contribution is 2.33.